The Hall–Kier alpha value is -3.20. The molecule has 138 valence electrons. The molecule has 4 rings (SSSR count). The Morgan fingerprint density at radius 3 is 2.56 bits per heavy atom. The number of fused-ring (bicyclic) bond motifs is 1. The van der Waals surface area contributed by atoms with Gasteiger partial charge in [0.15, 0.2) is 5.84 Å². The first kappa shape index (κ1) is 17.2. The average Bonchev–Trinajstić information content (AvgIpc) is 3.18. The van der Waals surface area contributed by atoms with E-state index in [1.165, 1.54) is 6.07 Å². The van der Waals surface area contributed by atoms with Crippen LogP contribution in [-0.4, -0.2) is 32.6 Å². The van der Waals surface area contributed by atoms with E-state index in [0.29, 0.717) is 5.56 Å². The minimum atomic E-state index is -3.76. The number of sulfonamides is 1. The topological polar surface area (TPSA) is 108 Å². The maximum Gasteiger partial charge on any atom is 0.285 e. The molecule has 2 heterocycles. The molecule has 8 nitrogen and oxygen atoms in total. The number of para-hydroxylation sites is 1. The number of benzene rings is 2. The van der Waals surface area contributed by atoms with E-state index < -0.39 is 21.8 Å². The Bertz CT molecular complexity index is 1050. The smallest absolute Gasteiger partial charge is 0.285 e. The van der Waals surface area contributed by atoms with Crippen LogP contribution < -0.4 is 15.8 Å². The number of nitrogens with zero attached hydrogens (tertiary/aromatic N) is 2. The summed E-state index contributed by atoms with van der Waals surface area (Å²) in [5, 5.41) is 0. The molecule has 0 radical (unpaired) electrons. The van der Waals surface area contributed by atoms with Gasteiger partial charge in [0, 0.05) is 24.2 Å². The number of anilines is 1. The zero-order valence-corrected chi connectivity index (χ0v) is 14.9. The molecule has 2 aliphatic heterocycles. The monoisotopic (exact) mass is 384 g/mol. The molecule has 0 unspecified atom stereocenters. The quantitative estimate of drug-likeness (QED) is 0.745. The molecule has 0 aliphatic carbocycles. The number of amidine groups is 1. The maximum atomic E-state index is 12.4. The van der Waals surface area contributed by atoms with Crippen molar-refractivity contribution in [3.8, 4) is 0 Å². The van der Waals surface area contributed by atoms with E-state index in [1.54, 1.807) is 23.1 Å². The number of amides is 2. The fraction of sp³-hybridized carbons (Fsp3) is 0.167. The molecule has 2 aromatic rings. The van der Waals surface area contributed by atoms with Crippen LogP contribution in [0.25, 0.3) is 0 Å². The van der Waals surface area contributed by atoms with Crippen LogP contribution in [0.4, 0.5) is 5.69 Å². The molecule has 0 saturated carbocycles. The molecular weight excluding hydrogens is 368 g/mol. The minimum Gasteiger partial charge on any atom is -0.312 e. The van der Waals surface area contributed by atoms with Gasteiger partial charge < -0.3 is 4.90 Å². The largest absolute Gasteiger partial charge is 0.312 e. The lowest BCUT2D eigenvalue weighted by molar-refractivity contribution is -0.126. The molecule has 2 amide bonds. The molecule has 2 N–H and O–H groups in total. The number of hydrogen-bond acceptors (Lipinski definition) is 5. The van der Waals surface area contributed by atoms with Crippen molar-refractivity contribution in [3.05, 3.63) is 60.2 Å². The Kier molecular flexibility index (Phi) is 4.15. The Morgan fingerprint density at radius 1 is 1.07 bits per heavy atom. The van der Waals surface area contributed by atoms with Crippen LogP contribution in [0, 0.1) is 5.92 Å². The van der Waals surface area contributed by atoms with Gasteiger partial charge in [0.05, 0.1) is 5.92 Å². The highest BCUT2D eigenvalue weighted by Gasteiger charge is 2.35. The summed E-state index contributed by atoms with van der Waals surface area (Å²) in [6.45, 7) is 0.262. The maximum absolute atomic E-state index is 12.4. The minimum absolute atomic E-state index is 0.0585. The predicted octanol–water partition coefficient (Wildman–Crippen LogP) is 0.809. The van der Waals surface area contributed by atoms with Crippen LogP contribution in [0.15, 0.2) is 63.9 Å². The normalized spacial score (nSPS) is 20.1. The standard InChI is InChI=1S/C18H16N4O4S/c23-16-10-12(11-22(16)13-6-2-1-3-7-13)18(24)20-19-17-14-8-4-5-9-15(14)27(25,26)21-17/h1-9,12H,10-11H2,(H,19,21)(H,20,24)/t12-/m0/s1. The second-order valence-corrected chi connectivity index (χ2v) is 7.84. The van der Waals surface area contributed by atoms with Crippen molar-refractivity contribution in [3.63, 3.8) is 0 Å². The first-order valence-electron chi connectivity index (χ1n) is 8.31. The second kappa shape index (κ2) is 6.51. The van der Waals surface area contributed by atoms with Crippen LogP contribution in [0.1, 0.15) is 12.0 Å². The zero-order chi connectivity index (χ0) is 19.0. The summed E-state index contributed by atoms with van der Waals surface area (Å²) in [6, 6.07) is 15.5. The SMILES string of the molecule is O=C(NNC1=NS(=O)(=O)c2ccccc21)[C@H]1CC(=O)N(c2ccccc2)C1. The Morgan fingerprint density at radius 2 is 1.78 bits per heavy atom. The molecule has 0 spiro atoms. The van der Waals surface area contributed by atoms with Crippen LogP contribution in [-0.2, 0) is 19.6 Å². The molecule has 0 bridgehead atoms. The van der Waals surface area contributed by atoms with E-state index >= 15 is 0 Å². The summed E-state index contributed by atoms with van der Waals surface area (Å²) in [4.78, 5) is 26.3. The second-order valence-electron chi connectivity index (χ2n) is 6.27. The number of rotatable bonds is 2. The fourth-order valence-corrected chi connectivity index (χ4v) is 4.34. The average molecular weight is 384 g/mol. The summed E-state index contributed by atoms with van der Waals surface area (Å²) in [5.41, 5.74) is 6.19. The molecule has 1 fully saturated rings. The van der Waals surface area contributed by atoms with E-state index in [1.807, 2.05) is 30.3 Å². The Labute approximate surface area is 155 Å². The lowest BCUT2D eigenvalue weighted by Crippen LogP contribution is -2.45. The van der Waals surface area contributed by atoms with Gasteiger partial charge >= 0.3 is 0 Å². The number of carbonyl (C=O) groups is 2. The fourth-order valence-electron chi connectivity index (χ4n) is 3.16. The lowest BCUT2D eigenvalue weighted by Gasteiger charge is -2.16. The third-order valence-corrected chi connectivity index (χ3v) is 5.83. The van der Waals surface area contributed by atoms with Crippen LogP contribution in [0.3, 0.4) is 0 Å². The van der Waals surface area contributed by atoms with E-state index in [-0.39, 0.29) is 29.6 Å². The lowest BCUT2D eigenvalue weighted by atomic mass is 10.1. The van der Waals surface area contributed by atoms with Crippen LogP contribution >= 0.6 is 0 Å². The van der Waals surface area contributed by atoms with Gasteiger partial charge in [-0.1, -0.05) is 30.3 Å². The number of hydrazine groups is 1. The van der Waals surface area contributed by atoms with Crippen molar-refractivity contribution >= 4 is 33.4 Å². The van der Waals surface area contributed by atoms with E-state index in [4.69, 9.17) is 0 Å². The van der Waals surface area contributed by atoms with Gasteiger partial charge in [-0.05, 0) is 24.3 Å². The molecule has 1 atom stereocenters. The highest BCUT2D eigenvalue weighted by atomic mass is 32.2. The number of carbonyl (C=O) groups excluding carboxylic acids is 2. The highest BCUT2D eigenvalue weighted by molar-refractivity contribution is 7.90. The molecule has 0 aromatic heterocycles. The van der Waals surface area contributed by atoms with Crippen molar-refractivity contribution in [2.24, 2.45) is 10.3 Å². The van der Waals surface area contributed by atoms with Crippen LogP contribution in [0.2, 0.25) is 0 Å². The number of hydrogen-bond donors (Lipinski definition) is 2. The molecule has 27 heavy (non-hydrogen) atoms. The van der Waals surface area contributed by atoms with Gasteiger partial charge in [-0.2, -0.15) is 8.42 Å². The first-order chi connectivity index (χ1) is 13.0. The third-order valence-electron chi connectivity index (χ3n) is 4.50. The van der Waals surface area contributed by atoms with Gasteiger partial charge in [-0.3, -0.25) is 20.4 Å². The van der Waals surface area contributed by atoms with Crippen molar-refractivity contribution in [1.82, 2.24) is 10.9 Å². The summed E-state index contributed by atoms with van der Waals surface area (Å²) >= 11 is 0. The van der Waals surface area contributed by atoms with Gasteiger partial charge in [0.25, 0.3) is 10.0 Å². The summed E-state index contributed by atoms with van der Waals surface area (Å²) in [5.74, 6) is -1.01. The van der Waals surface area contributed by atoms with E-state index in [2.05, 4.69) is 15.2 Å². The molecule has 9 heteroatoms. The Balaban J connectivity index is 1.43. The van der Waals surface area contributed by atoms with Gasteiger partial charge in [0.2, 0.25) is 11.8 Å². The van der Waals surface area contributed by atoms with E-state index in [0.717, 1.165) is 5.69 Å². The highest BCUT2D eigenvalue weighted by Crippen LogP contribution is 2.26. The first-order valence-corrected chi connectivity index (χ1v) is 9.75. The van der Waals surface area contributed by atoms with E-state index in [9.17, 15) is 18.0 Å². The van der Waals surface area contributed by atoms with Gasteiger partial charge in [0.1, 0.15) is 4.90 Å². The van der Waals surface area contributed by atoms with Gasteiger partial charge in [-0.25, -0.2) is 0 Å². The molecule has 2 aromatic carbocycles. The summed E-state index contributed by atoms with van der Waals surface area (Å²) < 4.78 is 27.7. The molecule has 1 saturated heterocycles. The summed E-state index contributed by atoms with van der Waals surface area (Å²) in [6.07, 6.45) is 0.0871. The molecule has 2 aliphatic rings. The summed E-state index contributed by atoms with van der Waals surface area (Å²) in [7, 11) is -3.76. The van der Waals surface area contributed by atoms with Crippen molar-refractivity contribution < 1.29 is 18.0 Å². The molecular formula is C18H16N4O4S. The predicted molar refractivity (Wildman–Crippen MR) is 98.3 cm³/mol. The zero-order valence-electron chi connectivity index (χ0n) is 14.1. The van der Waals surface area contributed by atoms with Gasteiger partial charge in [-0.15, -0.1) is 4.40 Å². The number of nitrogens with one attached hydrogen (secondary N) is 2. The van der Waals surface area contributed by atoms with Crippen molar-refractivity contribution in [1.29, 1.82) is 0 Å². The van der Waals surface area contributed by atoms with Crippen molar-refractivity contribution in [2.45, 2.75) is 11.3 Å². The third kappa shape index (κ3) is 3.17. The van der Waals surface area contributed by atoms with Crippen LogP contribution in [0.5, 0.6) is 0 Å². The van der Waals surface area contributed by atoms with Crippen molar-refractivity contribution in [2.75, 3.05) is 11.4 Å².